The number of hydrogen-bond donors (Lipinski definition) is 1. The highest BCUT2D eigenvalue weighted by molar-refractivity contribution is 5.93. The third-order valence-corrected chi connectivity index (χ3v) is 3.93. The Labute approximate surface area is 145 Å². The van der Waals surface area contributed by atoms with Crippen molar-refractivity contribution >= 4 is 5.91 Å². The minimum absolute atomic E-state index is 0.180. The first-order chi connectivity index (χ1) is 12.2. The first-order valence-corrected chi connectivity index (χ1v) is 7.83. The van der Waals surface area contributed by atoms with Gasteiger partial charge in [0.15, 0.2) is 0 Å². The van der Waals surface area contributed by atoms with Crippen molar-refractivity contribution in [1.82, 2.24) is 25.1 Å². The van der Waals surface area contributed by atoms with Gasteiger partial charge in [-0.3, -0.25) is 19.9 Å². The number of hydrogen-bond acceptors (Lipinski definition) is 5. The molecule has 3 heterocycles. The normalized spacial score (nSPS) is 11.9. The summed E-state index contributed by atoms with van der Waals surface area (Å²) in [5.74, 6) is -0.180. The van der Waals surface area contributed by atoms with Crippen molar-refractivity contribution in [1.29, 1.82) is 0 Å². The molecule has 0 spiro atoms. The van der Waals surface area contributed by atoms with E-state index in [0.717, 1.165) is 11.3 Å². The smallest absolute Gasteiger partial charge is 0.272 e. The molecule has 3 aromatic rings. The zero-order valence-corrected chi connectivity index (χ0v) is 14.1. The number of aromatic amines is 1. The van der Waals surface area contributed by atoms with Gasteiger partial charge in [-0.25, -0.2) is 0 Å². The molecular weight excluding hydrogens is 318 g/mol. The summed E-state index contributed by atoms with van der Waals surface area (Å²) >= 11 is 0. The quantitative estimate of drug-likeness (QED) is 0.746. The third-order valence-electron chi connectivity index (χ3n) is 3.93. The van der Waals surface area contributed by atoms with Crippen molar-refractivity contribution < 1.29 is 9.53 Å². The molecule has 1 N–H and O–H groups in total. The maximum Gasteiger partial charge on any atom is 0.272 e. The van der Waals surface area contributed by atoms with Crippen LogP contribution in [0.15, 0.2) is 55.0 Å². The standard InChI is InChI=1S/C18H19N5O2/c1-23(17(12-25-2)14-5-3-4-8-20-14)18(24)16-11-15(21-22-16)13-6-9-19-10-7-13/h3-11,17H,12H2,1-2H3,(H,21,22)/t17-/m1/s1. The van der Waals surface area contributed by atoms with Gasteiger partial charge in [-0.15, -0.1) is 0 Å². The van der Waals surface area contributed by atoms with Gasteiger partial charge >= 0.3 is 0 Å². The maximum atomic E-state index is 12.8. The van der Waals surface area contributed by atoms with Crippen molar-refractivity contribution in [2.45, 2.75) is 6.04 Å². The van der Waals surface area contributed by atoms with Crippen LogP contribution in [-0.4, -0.2) is 51.7 Å². The first-order valence-electron chi connectivity index (χ1n) is 7.83. The summed E-state index contributed by atoms with van der Waals surface area (Å²) in [6.07, 6.45) is 5.08. The molecule has 0 aliphatic carbocycles. The average molecular weight is 337 g/mol. The average Bonchev–Trinajstić information content (AvgIpc) is 3.16. The Morgan fingerprint density at radius 1 is 1.24 bits per heavy atom. The molecule has 0 radical (unpaired) electrons. The molecule has 0 aromatic carbocycles. The number of H-pyrrole nitrogens is 1. The second-order valence-electron chi connectivity index (χ2n) is 5.54. The predicted octanol–water partition coefficient (Wildman–Crippen LogP) is 2.33. The van der Waals surface area contributed by atoms with Gasteiger partial charge in [-0.2, -0.15) is 5.10 Å². The minimum atomic E-state index is -0.286. The highest BCUT2D eigenvalue weighted by Crippen LogP contribution is 2.21. The summed E-state index contributed by atoms with van der Waals surface area (Å²) in [6, 6.07) is 10.7. The van der Waals surface area contributed by atoms with Crippen molar-refractivity contribution in [3.8, 4) is 11.3 Å². The Balaban J connectivity index is 1.83. The molecule has 1 atom stereocenters. The van der Waals surface area contributed by atoms with Gasteiger partial charge in [0.1, 0.15) is 5.69 Å². The molecule has 7 heteroatoms. The molecule has 0 fully saturated rings. The lowest BCUT2D eigenvalue weighted by molar-refractivity contribution is 0.0589. The molecule has 3 aromatic heterocycles. The van der Waals surface area contributed by atoms with E-state index in [1.165, 1.54) is 0 Å². The fraction of sp³-hybridized carbons (Fsp3) is 0.222. The van der Waals surface area contributed by atoms with Gasteiger partial charge in [-0.1, -0.05) is 6.07 Å². The molecule has 3 rings (SSSR count). The number of nitrogens with one attached hydrogen (secondary N) is 1. The molecule has 0 saturated carbocycles. The van der Waals surface area contributed by atoms with Crippen molar-refractivity contribution in [2.75, 3.05) is 20.8 Å². The number of aromatic nitrogens is 4. The van der Waals surface area contributed by atoms with E-state index in [-0.39, 0.29) is 11.9 Å². The summed E-state index contributed by atoms with van der Waals surface area (Å²) in [6.45, 7) is 0.352. The maximum absolute atomic E-state index is 12.8. The largest absolute Gasteiger partial charge is 0.382 e. The van der Waals surface area contributed by atoms with Crippen LogP contribution in [0.2, 0.25) is 0 Å². The fourth-order valence-electron chi connectivity index (χ4n) is 2.56. The van der Waals surface area contributed by atoms with Crippen LogP contribution in [0, 0.1) is 0 Å². The molecule has 7 nitrogen and oxygen atoms in total. The molecule has 0 aliphatic rings. The summed E-state index contributed by atoms with van der Waals surface area (Å²) in [5.41, 5.74) is 2.77. The number of rotatable bonds is 6. The van der Waals surface area contributed by atoms with E-state index in [4.69, 9.17) is 4.74 Å². The Morgan fingerprint density at radius 2 is 2.04 bits per heavy atom. The zero-order chi connectivity index (χ0) is 17.6. The van der Waals surface area contributed by atoms with Gasteiger partial charge in [0.2, 0.25) is 0 Å². The molecule has 1 amide bonds. The molecule has 128 valence electrons. The van der Waals surface area contributed by atoms with E-state index in [9.17, 15) is 4.79 Å². The van der Waals surface area contributed by atoms with Crippen LogP contribution in [0.4, 0.5) is 0 Å². The number of ether oxygens (including phenoxy) is 1. The number of carbonyl (C=O) groups excluding carboxylic acids is 1. The van der Waals surface area contributed by atoms with E-state index in [1.807, 2.05) is 30.3 Å². The van der Waals surface area contributed by atoms with Crippen LogP contribution < -0.4 is 0 Å². The number of carbonyl (C=O) groups is 1. The number of pyridine rings is 2. The molecule has 0 saturated heterocycles. The van der Waals surface area contributed by atoms with E-state index >= 15 is 0 Å². The Morgan fingerprint density at radius 3 is 2.72 bits per heavy atom. The molecule has 0 unspecified atom stereocenters. The van der Waals surface area contributed by atoms with Crippen LogP contribution in [0.5, 0.6) is 0 Å². The van der Waals surface area contributed by atoms with Crippen LogP contribution >= 0.6 is 0 Å². The predicted molar refractivity (Wildman–Crippen MR) is 92.8 cm³/mol. The van der Waals surface area contributed by atoms with Gasteiger partial charge in [0, 0.05) is 38.3 Å². The highest BCUT2D eigenvalue weighted by atomic mass is 16.5. The fourth-order valence-corrected chi connectivity index (χ4v) is 2.56. The van der Waals surface area contributed by atoms with Crippen molar-refractivity contribution in [2.24, 2.45) is 0 Å². The summed E-state index contributed by atoms with van der Waals surface area (Å²) in [7, 11) is 3.33. The van der Waals surface area contributed by atoms with Crippen LogP contribution in [-0.2, 0) is 4.74 Å². The third kappa shape index (κ3) is 3.72. The van der Waals surface area contributed by atoms with Crippen LogP contribution in [0.3, 0.4) is 0 Å². The Kier molecular flexibility index (Phi) is 5.15. The monoisotopic (exact) mass is 337 g/mol. The van der Waals surface area contributed by atoms with Crippen LogP contribution in [0.1, 0.15) is 22.2 Å². The lowest BCUT2D eigenvalue weighted by atomic mass is 10.1. The minimum Gasteiger partial charge on any atom is -0.382 e. The Bertz CT molecular complexity index is 820. The SMILES string of the molecule is COC[C@H](c1ccccn1)N(C)C(=O)c1cc(-c2ccncc2)n[nH]1. The van der Waals surface area contributed by atoms with Gasteiger partial charge < -0.3 is 9.64 Å². The number of nitrogens with zero attached hydrogens (tertiary/aromatic N) is 4. The van der Waals surface area contributed by atoms with Gasteiger partial charge in [0.05, 0.1) is 24.0 Å². The lowest BCUT2D eigenvalue weighted by Gasteiger charge is -2.26. The Hall–Kier alpha value is -3.06. The second-order valence-corrected chi connectivity index (χ2v) is 5.54. The molecular formula is C18H19N5O2. The highest BCUT2D eigenvalue weighted by Gasteiger charge is 2.25. The first kappa shape index (κ1) is 16.8. The van der Waals surface area contributed by atoms with E-state index in [0.29, 0.717) is 18.0 Å². The van der Waals surface area contributed by atoms with Gasteiger partial charge in [-0.05, 0) is 30.3 Å². The summed E-state index contributed by atoms with van der Waals surface area (Å²) in [5, 5.41) is 7.03. The number of amides is 1. The second kappa shape index (κ2) is 7.67. The van der Waals surface area contributed by atoms with Gasteiger partial charge in [0.25, 0.3) is 5.91 Å². The van der Waals surface area contributed by atoms with E-state index < -0.39 is 0 Å². The van der Waals surface area contributed by atoms with Crippen molar-refractivity contribution in [3.63, 3.8) is 0 Å². The molecule has 0 aliphatic heterocycles. The van der Waals surface area contributed by atoms with Crippen LogP contribution in [0.25, 0.3) is 11.3 Å². The number of likely N-dealkylation sites (N-methyl/N-ethyl adjacent to an activating group) is 1. The topological polar surface area (TPSA) is 84.0 Å². The number of methoxy groups -OCH3 is 1. The van der Waals surface area contributed by atoms with E-state index in [2.05, 4.69) is 20.2 Å². The lowest BCUT2D eigenvalue weighted by Crippen LogP contribution is -2.34. The zero-order valence-electron chi connectivity index (χ0n) is 14.1. The summed E-state index contributed by atoms with van der Waals surface area (Å²) in [4.78, 5) is 22.8. The van der Waals surface area contributed by atoms with E-state index in [1.54, 1.807) is 43.7 Å². The molecule has 25 heavy (non-hydrogen) atoms. The summed E-state index contributed by atoms with van der Waals surface area (Å²) < 4.78 is 5.27. The van der Waals surface area contributed by atoms with Crippen molar-refractivity contribution in [3.05, 3.63) is 66.4 Å². The molecule has 0 bridgehead atoms.